The van der Waals surface area contributed by atoms with Crippen LogP contribution >= 0.6 is 0 Å². The van der Waals surface area contributed by atoms with E-state index in [1.54, 1.807) is 11.5 Å². The van der Waals surface area contributed by atoms with E-state index in [9.17, 15) is 13.2 Å². The number of hydrogen-bond donors (Lipinski definition) is 3. The fourth-order valence-electron chi connectivity index (χ4n) is 3.92. The summed E-state index contributed by atoms with van der Waals surface area (Å²) in [5, 5.41) is -4.16. The summed E-state index contributed by atoms with van der Waals surface area (Å²) in [5.74, 6) is 3.99. The summed E-state index contributed by atoms with van der Waals surface area (Å²) in [6.45, 7) is 14.2. The van der Waals surface area contributed by atoms with Crippen LogP contribution in [0.25, 0.3) is 0 Å². The number of nitrogens with one attached hydrogen (secondary N) is 3. The molecule has 1 rings (SSSR count). The Kier molecular flexibility index (Phi) is 9.32. The molecule has 0 saturated carbocycles. The monoisotopic (exact) mass is 544 g/mol. The van der Waals surface area contributed by atoms with Gasteiger partial charge in [-0.25, -0.2) is 0 Å². The maximum atomic E-state index is 14.8. The Morgan fingerprint density at radius 1 is 0.893 bits per heavy atom. The molecular formula is C20H41F3GeN3Zr. The molecule has 0 bridgehead atoms. The van der Waals surface area contributed by atoms with Crippen LogP contribution in [-0.2, 0) is 17.1 Å². The van der Waals surface area contributed by atoms with Crippen molar-refractivity contribution in [2.45, 2.75) is 64.5 Å². The molecule has 0 fully saturated rings. The van der Waals surface area contributed by atoms with E-state index in [1.807, 2.05) is 18.2 Å². The first kappa shape index (κ1) is 26.6. The molecule has 28 heavy (non-hydrogen) atoms. The Bertz CT molecular complexity index is 550. The summed E-state index contributed by atoms with van der Waals surface area (Å²) < 4.78 is 56.3. The molecule has 0 aliphatic heterocycles. The van der Waals surface area contributed by atoms with Gasteiger partial charge in [-0.2, -0.15) is 0 Å². The zero-order valence-corrected chi connectivity index (χ0v) is 23.5. The molecule has 0 atom stereocenters. The Labute approximate surface area is 172 Å². The number of hydrogen-bond acceptors (Lipinski definition) is 3. The van der Waals surface area contributed by atoms with Crippen LogP contribution in [0, 0.1) is 17.8 Å². The second kappa shape index (κ2) is 9.80. The third-order valence-corrected chi connectivity index (χ3v) is 71.1. The van der Waals surface area contributed by atoms with Crippen LogP contribution in [0.3, 0.4) is 0 Å². The van der Waals surface area contributed by atoms with E-state index in [1.165, 1.54) is 0 Å². The van der Waals surface area contributed by atoms with E-state index < -0.39 is 31.6 Å². The summed E-state index contributed by atoms with van der Waals surface area (Å²) in [4.78, 5) is 0. The molecule has 0 radical (unpaired) electrons. The summed E-state index contributed by atoms with van der Waals surface area (Å²) in [5.41, 5.74) is 0. The SMILES string of the molecule is CC(C)C[NH][Zr]([NH]CC(C)C)([NH]CC(C)C)([C]1=CC=CC1)[Ge]([CH3])([CH3])[C](F)(F)F. The molecule has 8 heteroatoms. The molecule has 0 spiro atoms. The summed E-state index contributed by atoms with van der Waals surface area (Å²) >= 11 is -5.10. The summed E-state index contributed by atoms with van der Waals surface area (Å²) in [6, 6.07) is 0. The van der Waals surface area contributed by atoms with Crippen LogP contribution < -0.4 is 9.78 Å². The predicted molar refractivity (Wildman–Crippen MR) is 114 cm³/mol. The normalized spacial score (nSPS) is 17.5. The maximum absolute atomic E-state index is 14.8. The molecular weight excluding hydrogens is 503 g/mol. The molecule has 0 aromatic rings. The first-order chi connectivity index (χ1) is 12.7. The van der Waals surface area contributed by atoms with Gasteiger partial charge in [-0.3, -0.25) is 0 Å². The Morgan fingerprint density at radius 2 is 1.29 bits per heavy atom. The molecule has 1 aliphatic rings. The Balaban J connectivity index is 3.79. The molecule has 0 aromatic carbocycles. The third-order valence-electron chi connectivity index (χ3n) is 5.96. The van der Waals surface area contributed by atoms with Crippen LogP contribution in [-0.4, -0.2) is 34.1 Å². The number of allylic oxidation sites excluding steroid dienone is 4. The van der Waals surface area contributed by atoms with Gasteiger partial charge in [0.15, 0.2) is 0 Å². The van der Waals surface area contributed by atoms with Gasteiger partial charge in [0.1, 0.15) is 0 Å². The van der Waals surface area contributed by atoms with Crippen molar-refractivity contribution in [3.63, 3.8) is 0 Å². The molecule has 165 valence electrons. The molecule has 3 nitrogen and oxygen atoms in total. The zero-order valence-electron chi connectivity index (χ0n) is 18.9. The molecule has 1 aliphatic carbocycles. The van der Waals surface area contributed by atoms with Gasteiger partial charge >= 0.3 is 173 Å². The van der Waals surface area contributed by atoms with Crippen molar-refractivity contribution < 1.29 is 30.3 Å². The van der Waals surface area contributed by atoms with Gasteiger partial charge in [0.05, 0.1) is 0 Å². The fourth-order valence-corrected chi connectivity index (χ4v) is 61.1. The molecule has 0 unspecified atom stereocenters. The summed E-state index contributed by atoms with van der Waals surface area (Å²) in [6.07, 6.45) is 6.51. The van der Waals surface area contributed by atoms with Gasteiger partial charge in [-0.1, -0.05) is 0 Å². The van der Waals surface area contributed by atoms with Gasteiger partial charge in [-0.15, -0.1) is 0 Å². The van der Waals surface area contributed by atoms with Crippen molar-refractivity contribution in [3.05, 3.63) is 21.5 Å². The van der Waals surface area contributed by atoms with Gasteiger partial charge in [-0.05, 0) is 0 Å². The van der Waals surface area contributed by atoms with Gasteiger partial charge < -0.3 is 0 Å². The van der Waals surface area contributed by atoms with Crippen molar-refractivity contribution in [2.75, 3.05) is 19.6 Å². The Hall–Kier alpha value is 0.576. The molecule has 3 N–H and O–H groups in total. The molecule has 0 aromatic heterocycles. The standard InChI is InChI=1S/C5H5.3C4H10N.C3H6F3Ge.Zr/c1-2-4-5-3-1;3*1-4(2)3-5;1-7(2)3(4,5)6;/h1-3H,4H2;3*4-5H,3H2,1-2H3;1-2H3;/q;3*-1;;+3. The number of halogens is 3. The topological polar surface area (TPSA) is 36.1 Å². The predicted octanol–water partition coefficient (Wildman–Crippen LogP) is 5.31. The second-order valence-electron chi connectivity index (χ2n) is 10.0. The molecule has 0 saturated heterocycles. The van der Waals surface area contributed by atoms with E-state index in [0.29, 0.717) is 26.1 Å². The van der Waals surface area contributed by atoms with Crippen molar-refractivity contribution in [2.24, 2.45) is 17.8 Å². The average Bonchev–Trinajstić information content (AvgIpc) is 3.08. The van der Waals surface area contributed by atoms with E-state index in [2.05, 4.69) is 51.3 Å². The number of rotatable bonds is 11. The van der Waals surface area contributed by atoms with Crippen LogP contribution in [0.2, 0.25) is 11.5 Å². The third kappa shape index (κ3) is 5.24. The fraction of sp³-hybridized carbons (Fsp3) is 0.800. The van der Waals surface area contributed by atoms with Crippen molar-refractivity contribution in [1.29, 1.82) is 0 Å². The quantitative estimate of drug-likeness (QED) is 0.309. The minimum atomic E-state index is -5.10. The zero-order chi connectivity index (χ0) is 21.8. The van der Waals surface area contributed by atoms with E-state index in [-0.39, 0.29) is 17.8 Å². The van der Waals surface area contributed by atoms with Crippen LogP contribution in [0.1, 0.15) is 48.0 Å². The Morgan fingerprint density at radius 3 is 1.54 bits per heavy atom. The van der Waals surface area contributed by atoms with Crippen molar-refractivity contribution in [3.8, 4) is 0 Å². The average molecular weight is 544 g/mol. The summed E-state index contributed by atoms with van der Waals surface area (Å²) in [7, 11) is -4.50. The molecule has 0 amide bonds. The molecule has 0 heterocycles. The minimum absolute atomic E-state index is 0.274. The van der Waals surface area contributed by atoms with Crippen LogP contribution in [0.15, 0.2) is 21.5 Å². The first-order valence-electron chi connectivity index (χ1n) is 10.5. The van der Waals surface area contributed by atoms with Gasteiger partial charge in [0, 0.05) is 0 Å². The first-order valence-corrected chi connectivity index (χ1v) is 28.1. The van der Waals surface area contributed by atoms with Crippen molar-refractivity contribution in [1.82, 2.24) is 9.78 Å². The van der Waals surface area contributed by atoms with E-state index in [4.69, 9.17) is 0 Å². The van der Waals surface area contributed by atoms with Crippen LogP contribution in [0.5, 0.6) is 0 Å². The van der Waals surface area contributed by atoms with Crippen LogP contribution in [0.4, 0.5) is 13.2 Å². The second-order valence-corrected chi connectivity index (χ2v) is 56.7. The van der Waals surface area contributed by atoms with E-state index in [0.717, 1.165) is 3.28 Å². The van der Waals surface area contributed by atoms with Crippen molar-refractivity contribution >= 4 is 9.48 Å². The van der Waals surface area contributed by atoms with Gasteiger partial charge in [0.25, 0.3) is 0 Å². The van der Waals surface area contributed by atoms with E-state index >= 15 is 0 Å². The number of alkyl halides is 3. The van der Waals surface area contributed by atoms with Gasteiger partial charge in [0.2, 0.25) is 0 Å².